The zero-order valence-electron chi connectivity index (χ0n) is 8.74. The summed E-state index contributed by atoms with van der Waals surface area (Å²) < 4.78 is 2.05. The Kier molecular flexibility index (Phi) is 2.87. The Morgan fingerprint density at radius 1 is 1.43 bits per heavy atom. The lowest BCUT2D eigenvalue weighted by Crippen LogP contribution is -2.11. The number of rotatable bonds is 2. The smallest absolute Gasteiger partial charge is 0.111 e. The molecule has 0 radical (unpaired) electrons. The van der Waals surface area contributed by atoms with Crippen LogP contribution in [-0.4, -0.2) is 14.7 Å². The van der Waals surface area contributed by atoms with Gasteiger partial charge in [-0.2, -0.15) is 0 Å². The first-order valence-corrected chi connectivity index (χ1v) is 5.44. The van der Waals surface area contributed by atoms with Crippen molar-refractivity contribution in [2.45, 2.75) is 44.6 Å². The average molecular weight is 194 g/mol. The highest BCUT2D eigenvalue weighted by molar-refractivity contribution is 5.08. The molecule has 1 aliphatic carbocycles. The van der Waals surface area contributed by atoms with E-state index in [0.29, 0.717) is 5.92 Å². The van der Waals surface area contributed by atoms with Gasteiger partial charge in [0.05, 0.1) is 18.5 Å². The van der Waals surface area contributed by atoms with Crippen LogP contribution in [0.5, 0.6) is 0 Å². The molecule has 0 bridgehead atoms. The topological polar surface area (TPSA) is 38.0 Å². The molecule has 0 spiro atoms. The molecule has 2 rings (SSSR count). The molecule has 0 unspecified atom stereocenters. The summed E-state index contributed by atoms with van der Waals surface area (Å²) in [5.41, 5.74) is 0.922. The van der Waals surface area contributed by atoms with Crippen LogP contribution in [0.15, 0.2) is 6.20 Å². The number of nitrogens with zero attached hydrogens (tertiary/aromatic N) is 2. The van der Waals surface area contributed by atoms with Crippen molar-refractivity contribution in [3.63, 3.8) is 0 Å². The average Bonchev–Trinajstić information content (AvgIpc) is 2.61. The highest BCUT2D eigenvalue weighted by atomic mass is 16.3. The van der Waals surface area contributed by atoms with Crippen LogP contribution in [-0.2, 0) is 13.7 Å². The van der Waals surface area contributed by atoms with Crippen molar-refractivity contribution in [1.82, 2.24) is 9.55 Å². The van der Waals surface area contributed by atoms with Crippen molar-refractivity contribution in [3.05, 3.63) is 17.7 Å². The molecular weight excluding hydrogens is 176 g/mol. The van der Waals surface area contributed by atoms with Crippen LogP contribution >= 0.6 is 0 Å². The number of aliphatic hydroxyl groups excluding tert-OH is 1. The van der Waals surface area contributed by atoms with Crippen molar-refractivity contribution in [2.24, 2.45) is 7.05 Å². The molecule has 78 valence electrons. The molecule has 1 heterocycles. The van der Waals surface area contributed by atoms with E-state index in [0.717, 1.165) is 11.5 Å². The Hall–Kier alpha value is -0.830. The minimum absolute atomic E-state index is 0.0935. The second-order valence-electron chi connectivity index (χ2n) is 4.16. The first kappa shape index (κ1) is 9.71. The molecule has 0 aliphatic heterocycles. The predicted molar refractivity (Wildman–Crippen MR) is 55.0 cm³/mol. The van der Waals surface area contributed by atoms with E-state index >= 15 is 0 Å². The minimum Gasteiger partial charge on any atom is -0.390 e. The Morgan fingerprint density at radius 3 is 2.71 bits per heavy atom. The van der Waals surface area contributed by atoms with Gasteiger partial charge in [-0.15, -0.1) is 0 Å². The number of aromatic nitrogens is 2. The normalized spacial score (nSPS) is 18.7. The number of aliphatic hydroxyl groups is 1. The van der Waals surface area contributed by atoms with Crippen LogP contribution in [0.2, 0.25) is 0 Å². The SMILES string of the molecule is Cn1c(CO)cnc1C1CCCCC1. The van der Waals surface area contributed by atoms with Gasteiger partial charge in [0.1, 0.15) is 5.82 Å². The quantitative estimate of drug-likeness (QED) is 0.781. The fourth-order valence-electron chi connectivity index (χ4n) is 2.35. The van der Waals surface area contributed by atoms with E-state index in [-0.39, 0.29) is 6.61 Å². The molecule has 0 saturated heterocycles. The molecule has 0 amide bonds. The highest BCUT2D eigenvalue weighted by Gasteiger charge is 2.20. The van der Waals surface area contributed by atoms with Crippen molar-refractivity contribution in [3.8, 4) is 0 Å². The molecule has 1 aliphatic rings. The fourth-order valence-corrected chi connectivity index (χ4v) is 2.35. The Labute approximate surface area is 84.8 Å². The largest absolute Gasteiger partial charge is 0.390 e. The Bertz CT molecular complexity index is 300. The van der Waals surface area contributed by atoms with Gasteiger partial charge in [-0.3, -0.25) is 0 Å². The summed E-state index contributed by atoms with van der Waals surface area (Å²) >= 11 is 0. The van der Waals surface area contributed by atoms with E-state index in [2.05, 4.69) is 9.55 Å². The van der Waals surface area contributed by atoms with Gasteiger partial charge in [0.25, 0.3) is 0 Å². The molecule has 14 heavy (non-hydrogen) atoms. The number of hydrogen-bond acceptors (Lipinski definition) is 2. The summed E-state index contributed by atoms with van der Waals surface area (Å²) in [7, 11) is 2.00. The van der Waals surface area contributed by atoms with Gasteiger partial charge in [0, 0.05) is 13.0 Å². The maximum absolute atomic E-state index is 9.07. The van der Waals surface area contributed by atoms with Gasteiger partial charge in [-0.25, -0.2) is 4.98 Å². The van der Waals surface area contributed by atoms with Crippen LogP contribution in [0.4, 0.5) is 0 Å². The molecular formula is C11H18N2O. The van der Waals surface area contributed by atoms with Gasteiger partial charge in [0.15, 0.2) is 0 Å². The summed E-state index contributed by atoms with van der Waals surface area (Å²) in [5.74, 6) is 1.78. The van der Waals surface area contributed by atoms with E-state index < -0.39 is 0 Å². The molecule has 0 aromatic carbocycles. The fraction of sp³-hybridized carbons (Fsp3) is 0.727. The molecule has 1 saturated carbocycles. The third-order valence-electron chi connectivity index (χ3n) is 3.25. The summed E-state index contributed by atoms with van der Waals surface area (Å²) in [4.78, 5) is 4.41. The molecule has 1 N–H and O–H groups in total. The lowest BCUT2D eigenvalue weighted by molar-refractivity contribution is 0.271. The third-order valence-corrected chi connectivity index (χ3v) is 3.25. The summed E-state index contributed by atoms with van der Waals surface area (Å²) in [5, 5.41) is 9.07. The summed E-state index contributed by atoms with van der Waals surface area (Å²) in [6.07, 6.45) is 8.33. The van der Waals surface area contributed by atoms with Crippen molar-refractivity contribution in [1.29, 1.82) is 0 Å². The molecule has 3 nitrogen and oxygen atoms in total. The predicted octanol–water partition coefficient (Wildman–Crippen LogP) is 1.96. The van der Waals surface area contributed by atoms with Crippen molar-refractivity contribution < 1.29 is 5.11 Å². The third kappa shape index (κ3) is 1.69. The standard InChI is InChI=1S/C11H18N2O/c1-13-10(8-14)7-12-11(13)9-5-3-2-4-6-9/h7,9,14H,2-6,8H2,1H3. The zero-order chi connectivity index (χ0) is 9.97. The number of hydrogen-bond donors (Lipinski definition) is 1. The minimum atomic E-state index is 0.0935. The van der Waals surface area contributed by atoms with Crippen LogP contribution < -0.4 is 0 Å². The van der Waals surface area contributed by atoms with Gasteiger partial charge in [0.2, 0.25) is 0 Å². The highest BCUT2D eigenvalue weighted by Crippen LogP contribution is 2.31. The first-order valence-electron chi connectivity index (χ1n) is 5.44. The second-order valence-corrected chi connectivity index (χ2v) is 4.16. The Balaban J connectivity index is 2.18. The number of imidazole rings is 1. The van der Waals surface area contributed by atoms with Gasteiger partial charge >= 0.3 is 0 Å². The Morgan fingerprint density at radius 2 is 2.14 bits per heavy atom. The molecule has 1 fully saturated rings. The van der Waals surface area contributed by atoms with Crippen LogP contribution in [0, 0.1) is 0 Å². The van der Waals surface area contributed by atoms with Crippen molar-refractivity contribution in [2.75, 3.05) is 0 Å². The van der Waals surface area contributed by atoms with E-state index in [9.17, 15) is 0 Å². The van der Waals surface area contributed by atoms with Gasteiger partial charge in [-0.05, 0) is 12.8 Å². The van der Waals surface area contributed by atoms with Crippen LogP contribution in [0.25, 0.3) is 0 Å². The molecule has 0 atom stereocenters. The van der Waals surface area contributed by atoms with Crippen LogP contribution in [0.1, 0.15) is 49.5 Å². The monoisotopic (exact) mass is 194 g/mol. The van der Waals surface area contributed by atoms with Crippen molar-refractivity contribution >= 4 is 0 Å². The van der Waals surface area contributed by atoms with E-state index in [1.807, 2.05) is 7.05 Å². The lowest BCUT2D eigenvalue weighted by atomic mass is 9.89. The van der Waals surface area contributed by atoms with Gasteiger partial charge < -0.3 is 9.67 Å². The maximum atomic E-state index is 9.07. The molecule has 3 heteroatoms. The second kappa shape index (κ2) is 4.13. The molecule has 1 aromatic rings. The van der Waals surface area contributed by atoms with E-state index in [4.69, 9.17) is 5.11 Å². The summed E-state index contributed by atoms with van der Waals surface area (Å²) in [6, 6.07) is 0. The maximum Gasteiger partial charge on any atom is 0.111 e. The lowest BCUT2D eigenvalue weighted by Gasteiger charge is -2.21. The van der Waals surface area contributed by atoms with Gasteiger partial charge in [-0.1, -0.05) is 19.3 Å². The van der Waals surface area contributed by atoms with E-state index in [1.54, 1.807) is 6.20 Å². The zero-order valence-corrected chi connectivity index (χ0v) is 8.74. The van der Waals surface area contributed by atoms with Crippen LogP contribution in [0.3, 0.4) is 0 Å². The summed E-state index contributed by atoms with van der Waals surface area (Å²) in [6.45, 7) is 0.0935. The molecule has 1 aromatic heterocycles. The first-order chi connectivity index (χ1) is 6.83. The van der Waals surface area contributed by atoms with E-state index in [1.165, 1.54) is 32.1 Å².